The summed E-state index contributed by atoms with van der Waals surface area (Å²) in [6.07, 6.45) is -0.449. The molecular weight excluding hydrogens is 545 g/mol. The molecule has 176 valence electrons. The number of aliphatic hydroxyl groups is 1. The van der Waals surface area contributed by atoms with E-state index in [0.717, 1.165) is 0 Å². The lowest BCUT2D eigenvalue weighted by Crippen LogP contribution is -2.41. The van der Waals surface area contributed by atoms with Gasteiger partial charge in [-0.15, -0.1) is 0 Å². The van der Waals surface area contributed by atoms with Gasteiger partial charge in [0.25, 0.3) is 5.91 Å². The highest BCUT2D eigenvalue weighted by Crippen LogP contribution is 2.45. The molecular formula is C25H20BrCl2NO5. The highest BCUT2D eigenvalue weighted by molar-refractivity contribution is 9.10. The maximum absolute atomic E-state index is 13.6. The van der Waals surface area contributed by atoms with E-state index in [2.05, 4.69) is 15.9 Å². The van der Waals surface area contributed by atoms with Crippen molar-refractivity contribution in [2.75, 3.05) is 19.1 Å². The van der Waals surface area contributed by atoms with Gasteiger partial charge in [0, 0.05) is 25.6 Å². The first-order valence-electron chi connectivity index (χ1n) is 10.2. The lowest BCUT2D eigenvalue weighted by molar-refractivity contribution is -0.136. The van der Waals surface area contributed by atoms with Crippen molar-refractivity contribution >= 4 is 56.5 Å². The van der Waals surface area contributed by atoms with Gasteiger partial charge in [-0.2, -0.15) is 0 Å². The third-order valence-electron chi connectivity index (χ3n) is 5.76. The number of carbonyl (C=O) groups is 2. The molecule has 3 aromatic carbocycles. The Morgan fingerprint density at radius 3 is 2.44 bits per heavy atom. The molecule has 0 fully saturated rings. The Kier molecular flexibility index (Phi) is 6.92. The molecule has 0 aromatic heterocycles. The fourth-order valence-corrected chi connectivity index (χ4v) is 4.84. The van der Waals surface area contributed by atoms with Crippen LogP contribution in [0.2, 0.25) is 10.0 Å². The van der Waals surface area contributed by atoms with Crippen molar-refractivity contribution in [2.45, 2.75) is 18.6 Å². The van der Waals surface area contributed by atoms with E-state index in [0.29, 0.717) is 42.8 Å². The number of nitrogens with zero attached hydrogens (tertiary/aromatic N) is 1. The Morgan fingerprint density at radius 2 is 1.76 bits per heavy atom. The van der Waals surface area contributed by atoms with Crippen molar-refractivity contribution in [3.8, 4) is 11.5 Å². The van der Waals surface area contributed by atoms with Gasteiger partial charge in [0.2, 0.25) is 0 Å². The molecule has 1 aliphatic rings. The number of hydrogen-bond acceptors (Lipinski definition) is 5. The first-order chi connectivity index (χ1) is 16.2. The number of ketones is 1. The number of ether oxygens (including phenoxy) is 2. The van der Waals surface area contributed by atoms with Crippen LogP contribution in [-0.4, -0.2) is 31.0 Å². The summed E-state index contributed by atoms with van der Waals surface area (Å²) >= 11 is 15.7. The van der Waals surface area contributed by atoms with Gasteiger partial charge >= 0.3 is 0 Å². The van der Waals surface area contributed by atoms with Crippen molar-refractivity contribution in [1.29, 1.82) is 0 Å². The minimum absolute atomic E-state index is 0.107. The molecule has 0 bridgehead atoms. The normalized spacial score (nSPS) is 17.0. The maximum Gasteiger partial charge on any atom is 0.264 e. The quantitative estimate of drug-likeness (QED) is 0.368. The molecule has 0 saturated heterocycles. The third-order valence-corrected chi connectivity index (χ3v) is 6.84. The molecule has 1 heterocycles. The van der Waals surface area contributed by atoms with Crippen molar-refractivity contribution in [2.24, 2.45) is 0 Å². The van der Waals surface area contributed by atoms with E-state index >= 15 is 0 Å². The van der Waals surface area contributed by atoms with Crippen LogP contribution in [0.5, 0.6) is 11.5 Å². The molecule has 1 aliphatic heterocycles. The van der Waals surface area contributed by atoms with Gasteiger partial charge < -0.3 is 19.5 Å². The van der Waals surface area contributed by atoms with Gasteiger partial charge in [-0.3, -0.25) is 9.59 Å². The summed E-state index contributed by atoms with van der Waals surface area (Å²) in [5.74, 6) is -0.190. The van der Waals surface area contributed by atoms with Crippen molar-refractivity contribution < 1.29 is 24.2 Å². The summed E-state index contributed by atoms with van der Waals surface area (Å²) in [7, 11) is 2.96. The van der Waals surface area contributed by atoms with Crippen LogP contribution in [0, 0.1) is 0 Å². The third kappa shape index (κ3) is 4.41. The summed E-state index contributed by atoms with van der Waals surface area (Å²) in [5, 5.41) is 12.5. The van der Waals surface area contributed by atoms with Gasteiger partial charge in [0.15, 0.2) is 22.9 Å². The largest absolute Gasteiger partial charge is 0.493 e. The minimum atomic E-state index is -2.05. The average Bonchev–Trinajstić information content (AvgIpc) is 3.01. The zero-order valence-corrected chi connectivity index (χ0v) is 21.4. The molecule has 0 radical (unpaired) electrons. The Balaban J connectivity index is 1.70. The van der Waals surface area contributed by atoms with Crippen molar-refractivity contribution in [3.63, 3.8) is 0 Å². The number of carbonyl (C=O) groups excluding carboxylic acids is 2. The lowest BCUT2D eigenvalue weighted by Gasteiger charge is -2.23. The molecule has 0 spiro atoms. The van der Waals surface area contributed by atoms with Crippen LogP contribution in [0.25, 0.3) is 0 Å². The predicted octanol–water partition coefficient (Wildman–Crippen LogP) is 5.78. The Labute approximate surface area is 215 Å². The van der Waals surface area contributed by atoms with Crippen LogP contribution in [0.1, 0.15) is 27.9 Å². The Hall–Kier alpha value is -2.58. The summed E-state index contributed by atoms with van der Waals surface area (Å²) < 4.78 is 11.2. The SMILES string of the molecule is COc1ccc(C(=O)CC2(O)C(=O)N(Cc3ccc(Cl)cc3Cl)c3ccc(Br)cc32)cc1OC. The number of Topliss-reactive ketones (excluding diaryl/α,β-unsaturated/α-hetero) is 1. The van der Waals surface area contributed by atoms with Crippen molar-refractivity contribution in [3.05, 3.63) is 85.8 Å². The predicted molar refractivity (Wildman–Crippen MR) is 134 cm³/mol. The van der Waals surface area contributed by atoms with E-state index in [4.69, 9.17) is 32.7 Å². The summed E-state index contributed by atoms with van der Waals surface area (Å²) in [5.41, 5.74) is -0.270. The zero-order valence-electron chi connectivity index (χ0n) is 18.3. The first-order valence-corrected chi connectivity index (χ1v) is 11.8. The summed E-state index contributed by atoms with van der Waals surface area (Å²) in [4.78, 5) is 28.2. The number of halogens is 3. The fourth-order valence-electron chi connectivity index (χ4n) is 4.01. The molecule has 1 atom stereocenters. The number of rotatable bonds is 7. The van der Waals surface area contributed by atoms with Crippen LogP contribution < -0.4 is 14.4 Å². The Bertz CT molecular complexity index is 1300. The number of hydrogen-bond donors (Lipinski definition) is 1. The summed E-state index contributed by atoms with van der Waals surface area (Å²) in [6.45, 7) is 0.107. The number of benzene rings is 3. The second-order valence-electron chi connectivity index (χ2n) is 7.82. The van der Waals surface area contributed by atoms with Gasteiger partial charge in [-0.1, -0.05) is 45.2 Å². The summed E-state index contributed by atoms with van der Waals surface area (Å²) in [6, 6.07) is 14.8. The highest BCUT2D eigenvalue weighted by atomic mass is 79.9. The minimum Gasteiger partial charge on any atom is -0.493 e. The van der Waals surface area contributed by atoms with E-state index in [9.17, 15) is 14.7 Å². The molecule has 3 aromatic rings. The van der Waals surface area contributed by atoms with E-state index < -0.39 is 23.7 Å². The molecule has 4 rings (SSSR count). The molecule has 0 saturated carbocycles. The van der Waals surface area contributed by atoms with Crippen LogP contribution in [-0.2, 0) is 16.9 Å². The monoisotopic (exact) mass is 563 g/mol. The van der Waals surface area contributed by atoms with Gasteiger partial charge in [0.05, 0.1) is 32.9 Å². The second kappa shape index (κ2) is 9.58. The second-order valence-corrected chi connectivity index (χ2v) is 9.58. The van der Waals surface area contributed by atoms with Crippen LogP contribution in [0.4, 0.5) is 5.69 Å². The van der Waals surface area contributed by atoms with Gasteiger partial charge in [-0.25, -0.2) is 0 Å². The number of fused-ring (bicyclic) bond motifs is 1. The zero-order chi connectivity index (χ0) is 24.6. The Morgan fingerprint density at radius 1 is 1.03 bits per heavy atom. The van der Waals surface area contributed by atoms with Crippen LogP contribution in [0.15, 0.2) is 59.1 Å². The molecule has 6 nitrogen and oxygen atoms in total. The topological polar surface area (TPSA) is 76.1 Å². The molecule has 0 aliphatic carbocycles. The molecule has 9 heteroatoms. The number of anilines is 1. The lowest BCUT2D eigenvalue weighted by atomic mass is 9.88. The number of methoxy groups -OCH3 is 2. The van der Waals surface area contributed by atoms with E-state index in [1.54, 1.807) is 48.5 Å². The fraction of sp³-hybridized carbons (Fsp3) is 0.200. The van der Waals surface area contributed by atoms with E-state index in [-0.39, 0.29) is 12.1 Å². The van der Waals surface area contributed by atoms with Crippen LogP contribution >= 0.6 is 39.1 Å². The maximum atomic E-state index is 13.6. The van der Waals surface area contributed by atoms with Crippen LogP contribution in [0.3, 0.4) is 0 Å². The van der Waals surface area contributed by atoms with Gasteiger partial charge in [-0.05, 0) is 54.1 Å². The molecule has 34 heavy (non-hydrogen) atoms. The smallest absolute Gasteiger partial charge is 0.264 e. The molecule has 1 N–H and O–H groups in total. The standard InChI is InChI=1S/C25H20BrCl2NO5/c1-33-22-8-4-14(9-23(22)34-2)21(30)12-25(32)18-10-16(26)5-7-20(18)29(24(25)31)13-15-3-6-17(27)11-19(15)28/h3-11,32H,12-13H2,1-2H3. The molecule has 1 amide bonds. The number of amides is 1. The average molecular weight is 565 g/mol. The van der Waals surface area contributed by atoms with E-state index in [1.807, 2.05) is 0 Å². The van der Waals surface area contributed by atoms with Crippen molar-refractivity contribution in [1.82, 2.24) is 0 Å². The van der Waals surface area contributed by atoms with E-state index in [1.165, 1.54) is 25.2 Å². The van der Waals surface area contributed by atoms with Gasteiger partial charge in [0.1, 0.15) is 0 Å². The highest BCUT2D eigenvalue weighted by Gasteiger charge is 2.51. The molecule has 1 unspecified atom stereocenters. The first kappa shape index (κ1) is 24.5.